The van der Waals surface area contributed by atoms with Crippen molar-refractivity contribution in [3.8, 4) is 11.8 Å². The number of hydrogen-bond donors (Lipinski definition) is 3. The Labute approximate surface area is 156 Å². The second kappa shape index (κ2) is 7.09. The molecule has 0 radical (unpaired) electrons. The number of benzene rings is 2. The van der Waals surface area contributed by atoms with Crippen LogP contribution < -0.4 is 15.8 Å². The first-order valence-corrected chi connectivity index (χ1v) is 8.35. The molecule has 1 fully saturated rings. The molecular formula is C20H19N3O4. The summed E-state index contributed by atoms with van der Waals surface area (Å²) in [6, 6.07) is 17.1. The quantitative estimate of drug-likeness (QED) is 0.697. The zero-order valence-electron chi connectivity index (χ0n) is 14.6. The van der Waals surface area contributed by atoms with Crippen LogP contribution in [0.15, 0.2) is 54.6 Å². The minimum absolute atomic E-state index is 0.353. The van der Waals surface area contributed by atoms with E-state index in [0.29, 0.717) is 16.9 Å². The number of piperidine rings is 1. The van der Waals surface area contributed by atoms with Gasteiger partial charge in [-0.05, 0) is 17.7 Å². The maximum absolute atomic E-state index is 12.7. The molecule has 4 atom stereocenters. The van der Waals surface area contributed by atoms with Gasteiger partial charge >= 0.3 is 0 Å². The maximum Gasteiger partial charge on any atom is 0.235 e. The number of hydrogen-bond acceptors (Lipinski definition) is 5. The van der Waals surface area contributed by atoms with Gasteiger partial charge in [0.05, 0.1) is 13.2 Å². The summed E-state index contributed by atoms with van der Waals surface area (Å²) in [6.45, 7) is 0. The van der Waals surface area contributed by atoms with Gasteiger partial charge in [-0.3, -0.25) is 9.59 Å². The number of primary amides is 1. The number of aliphatic hydroxyl groups is 1. The molecule has 1 saturated heterocycles. The van der Waals surface area contributed by atoms with Gasteiger partial charge < -0.3 is 20.9 Å². The summed E-state index contributed by atoms with van der Waals surface area (Å²) in [7, 11) is 1.52. The van der Waals surface area contributed by atoms with Gasteiger partial charge in [-0.15, -0.1) is 0 Å². The number of methoxy groups -OCH3 is 1. The SMILES string of the molecule is COc1ccc([C@@H]2[C@@H](C(N)=O)C(=O)N[C@@](O)(c3ccccc3)[C@@H]2C#N)cc1. The topological polar surface area (TPSA) is 125 Å². The third-order valence-electron chi connectivity index (χ3n) is 4.92. The van der Waals surface area contributed by atoms with Gasteiger partial charge in [0, 0.05) is 11.5 Å². The highest BCUT2D eigenvalue weighted by molar-refractivity contribution is 6.01. The molecule has 0 aromatic heterocycles. The van der Waals surface area contributed by atoms with Crippen molar-refractivity contribution in [1.82, 2.24) is 5.32 Å². The molecule has 7 heteroatoms. The number of nitrogens with one attached hydrogen (secondary N) is 1. The fraction of sp³-hybridized carbons (Fsp3) is 0.250. The molecule has 1 aliphatic rings. The van der Waals surface area contributed by atoms with Crippen LogP contribution in [-0.4, -0.2) is 24.0 Å². The smallest absolute Gasteiger partial charge is 0.235 e. The lowest BCUT2D eigenvalue weighted by molar-refractivity contribution is -0.153. The molecule has 0 unspecified atom stereocenters. The third kappa shape index (κ3) is 3.11. The van der Waals surface area contributed by atoms with E-state index in [1.54, 1.807) is 54.6 Å². The monoisotopic (exact) mass is 365 g/mol. The van der Waals surface area contributed by atoms with E-state index in [-0.39, 0.29) is 0 Å². The summed E-state index contributed by atoms with van der Waals surface area (Å²) < 4.78 is 5.13. The number of nitrogens with two attached hydrogens (primary N) is 1. The molecule has 138 valence electrons. The Balaban J connectivity index is 2.16. The highest BCUT2D eigenvalue weighted by atomic mass is 16.5. The highest BCUT2D eigenvalue weighted by Crippen LogP contribution is 2.45. The predicted molar refractivity (Wildman–Crippen MR) is 96.0 cm³/mol. The van der Waals surface area contributed by atoms with E-state index in [4.69, 9.17) is 10.5 Å². The number of carbonyl (C=O) groups is 2. The van der Waals surface area contributed by atoms with Gasteiger partial charge in [-0.1, -0.05) is 42.5 Å². The summed E-state index contributed by atoms with van der Waals surface area (Å²) in [5.41, 5.74) is 4.41. The van der Waals surface area contributed by atoms with Crippen LogP contribution >= 0.6 is 0 Å². The zero-order valence-corrected chi connectivity index (χ0v) is 14.6. The Kier molecular flexibility index (Phi) is 4.84. The van der Waals surface area contributed by atoms with Crippen LogP contribution in [0.4, 0.5) is 0 Å². The Morgan fingerprint density at radius 3 is 2.37 bits per heavy atom. The molecule has 4 N–H and O–H groups in total. The van der Waals surface area contributed by atoms with Crippen molar-refractivity contribution in [3.63, 3.8) is 0 Å². The van der Waals surface area contributed by atoms with Crippen LogP contribution in [0.3, 0.4) is 0 Å². The number of ether oxygens (including phenoxy) is 1. The van der Waals surface area contributed by atoms with E-state index in [1.807, 2.05) is 0 Å². The number of carbonyl (C=O) groups excluding carboxylic acids is 2. The minimum atomic E-state index is -1.95. The third-order valence-corrected chi connectivity index (χ3v) is 4.92. The fourth-order valence-electron chi connectivity index (χ4n) is 3.59. The highest BCUT2D eigenvalue weighted by Gasteiger charge is 2.55. The van der Waals surface area contributed by atoms with Crippen LogP contribution in [-0.2, 0) is 15.3 Å². The lowest BCUT2D eigenvalue weighted by Crippen LogP contribution is -2.62. The predicted octanol–water partition coefficient (Wildman–Crippen LogP) is 0.995. The molecule has 0 spiro atoms. The molecule has 2 amide bonds. The molecule has 2 aromatic carbocycles. The van der Waals surface area contributed by atoms with Crippen LogP contribution in [0.2, 0.25) is 0 Å². The van der Waals surface area contributed by atoms with Crippen molar-refractivity contribution in [1.29, 1.82) is 5.26 Å². The maximum atomic E-state index is 12.7. The first kappa shape index (κ1) is 18.4. The molecule has 27 heavy (non-hydrogen) atoms. The molecule has 0 bridgehead atoms. The van der Waals surface area contributed by atoms with Crippen LogP contribution in [0, 0.1) is 23.2 Å². The largest absolute Gasteiger partial charge is 0.497 e. The van der Waals surface area contributed by atoms with Crippen LogP contribution in [0.25, 0.3) is 0 Å². The van der Waals surface area contributed by atoms with Crippen molar-refractivity contribution >= 4 is 11.8 Å². The van der Waals surface area contributed by atoms with Crippen molar-refractivity contribution < 1.29 is 19.4 Å². The Bertz CT molecular complexity index is 892. The van der Waals surface area contributed by atoms with E-state index in [9.17, 15) is 20.0 Å². The van der Waals surface area contributed by atoms with Crippen molar-refractivity contribution in [2.45, 2.75) is 11.6 Å². The van der Waals surface area contributed by atoms with Crippen molar-refractivity contribution in [2.24, 2.45) is 17.6 Å². The molecule has 3 rings (SSSR count). The average Bonchev–Trinajstić information content (AvgIpc) is 2.68. The molecule has 1 heterocycles. The van der Waals surface area contributed by atoms with Gasteiger partial charge in [0.1, 0.15) is 17.6 Å². The summed E-state index contributed by atoms with van der Waals surface area (Å²) in [6.07, 6.45) is 0. The molecular weight excluding hydrogens is 346 g/mol. The molecule has 2 aromatic rings. The van der Waals surface area contributed by atoms with Gasteiger partial charge in [-0.2, -0.15) is 5.26 Å². The van der Waals surface area contributed by atoms with Crippen LogP contribution in [0.5, 0.6) is 5.75 Å². The summed E-state index contributed by atoms with van der Waals surface area (Å²) >= 11 is 0. The lowest BCUT2D eigenvalue weighted by atomic mass is 9.67. The normalized spacial score (nSPS) is 27.3. The Morgan fingerprint density at radius 2 is 1.85 bits per heavy atom. The number of rotatable bonds is 4. The van der Waals surface area contributed by atoms with Crippen molar-refractivity contribution in [2.75, 3.05) is 7.11 Å². The molecule has 7 nitrogen and oxygen atoms in total. The molecule has 0 aliphatic carbocycles. The first-order chi connectivity index (χ1) is 12.9. The van der Waals surface area contributed by atoms with Gasteiger partial charge in [0.25, 0.3) is 0 Å². The second-order valence-electron chi connectivity index (χ2n) is 6.41. The number of amides is 2. The number of nitriles is 1. The summed E-state index contributed by atoms with van der Waals surface area (Å²) in [5.74, 6) is -4.33. The number of nitrogens with zero attached hydrogens (tertiary/aromatic N) is 1. The first-order valence-electron chi connectivity index (χ1n) is 8.35. The second-order valence-corrected chi connectivity index (χ2v) is 6.41. The Hall–Kier alpha value is -3.37. The lowest BCUT2D eigenvalue weighted by Gasteiger charge is -2.44. The van der Waals surface area contributed by atoms with E-state index < -0.39 is 35.3 Å². The Morgan fingerprint density at radius 1 is 1.22 bits per heavy atom. The standard InChI is InChI=1S/C20H19N3O4/c1-27-14-9-7-12(8-10-14)16-15(11-21)20(26,13-5-3-2-4-6-13)23-19(25)17(16)18(22)24/h2-10,15-17,26H,1H3,(H2,22,24)(H,23,25)/t15-,16+,17+,20-/m1/s1. The van der Waals surface area contributed by atoms with Crippen LogP contribution in [0.1, 0.15) is 17.0 Å². The van der Waals surface area contributed by atoms with E-state index in [2.05, 4.69) is 11.4 Å². The fourth-order valence-corrected chi connectivity index (χ4v) is 3.59. The van der Waals surface area contributed by atoms with Gasteiger partial charge in [0.2, 0.25) is 11.8 Å². The summed E-state index contributed by atoms with van der Waals surface area (Å²) in [5, 5.41) is 23.6. The zero-order chi connectivity index (χ0) is 19.6. The van der Waals surface area contributed by atoms with Gasteiger partial charge in [-0.25, -0.2) is 0 Å². The van der Waals surface area contributed by atoms with E-state index >= 15 is 0 Å². The average molecular weight is 365 g/mol. The van der Waals surface area contributed by atoms with E-state index in [0.717, 1.165) is 0 Å². The molecule has 0 saturated carbocycles. The van der Waals surface area contributed by atoms with Crippen molar-refractivity contribution in [3.05, 3.63) is 65.7 Å². The van der Waals surface area contributed by atoms with Gasteiger partial charge in [0.15, 0.2) is 5.72 Å². The minimum Gasteiger partial charge on any atom is -0.497 e. The molecule has 1 aliphatic heterocycles. The van der Waals surface area contributed by atoms with E-state index in [1.165, 1.54) is 7.11 Å². The summed E-state index contributed by atoms with van der Waals surface area (Å²) in [4.78, 5) is 24.7.